The molecule has 0 amide bonds. The highest BCUT2D eigenvalue weighted by atomic mass is 31.2. The van der Waals surface area contributed by atoms with E-state index in [2.05, 4.69) is 0 Å². The van der Waals surface area contributed by atoms with Crippen molar-refractivity contribution in [2.75, 3.05) is 6.61 Å². The maximum atomic E-state index is 14.1. The van der Waals surface area contributed by atoms with Crippen LogP contribution in [0.3, 0.4) is 0 Å². The quantitative estimate of drug-likeness (QED) is 0.0641. The largest absolute Gasteiger partial charge is 0.475 e. The molecule has 5 aromatic rings. The van der Waals surface area contributed by atoms with Gasteiger partial charge in [-0.2, -0.15) is 0 Å². The van der Waals surface area contributed by atoms with Gasteiger partial charge in [-0.05, 0) is 27.8 Å². The summed E-state index contributed by atoms with van der Waals surface area (Å²) in [7, 11) is -4.20. The second-order valence-electron chi connectivity index (χ2n) is 10.9. The van der Waals surface area contributed by atoms with Crippen molar-refractivity contribution in [3.05, 3.63) is 179 Å². The molecule has 0 radical (unpaired) electrons. The molecule has 0 N–H and O–H groups in total. The summed E-state index contributed by atoms with van der Waals surface area (Å²) in [5.41, 5.74) is 4.11. The summed E-state index contributed by atoms with van der Waals surface area (Å²) in [4.78, 5) is 13.7. The van der Waals surface area contributed by atoms with Gasteiger partial charge in [0, 0.05) is 0 Å². The Balaban J connectivity index is 1.37. The van der Waals surface area contributed by atoms with E-state index in [9.17, 15) is 9.36 Å². The summed E-state index contributed by atoms with van der Waals surface area (Å²) in [6, 6.07) is 46.9. The number of phosphoric ester groups is 1. The summed E-state index contributed by atoms with van der Waals surface area (Å²) < 4.78 is 50.0. The number of hydrogen-bond acceptors (Lipinski definition) is 8. The van der Waals surface area contributed by atoms with Crippen LogP contribution in [0.25, 0.3) is 0 Å². The summed E-state index contributed by atoms with van der Waals surface area (Å²) in [5.74, 6) is -0.651. The van der Waals surface area contributed by atoms with Gasteiger partial charge in [0.05, 0.1) is 33.0 Å². The van der Waals surface area contributed by atoms with Crippen molar-refractivity contribution >= 4 is 13.8 Å². The van der Waals surface area contributed by atoms with E-state index >= 15 is 0 Å². The molecule has 0 unspecified atom stereocenters. The minimum atomic E-state index is -4.20. The van der Waals surface area contributed by atoms with Crippen molar-refractivity contribution in [2.24, 2.45) is 0 Å². The van der Waals surface area contributed by atoms with E-state index in [-0.39, 0.29) is 39.6 Å². The summed E-state index contributed by atoms with van der Waals surface area (Å²) >= 11 is 0. The van der Waals surface area contributed by atoms with Gasteiger partial charge in [0.15, 0.2) is 6.10 Å². The van der Waals surface area contributed by atoms with Crippen LogP contribution >= 0.6 is 7.82 Å². The lowest BCUT2D eigenvalue weighted by Crippen LogP contribution is -2.42. The smallest absolute Gasteiger partial charge is 0.459 e. The number of ether oxygens (including phenoxy) is 3. The van der Waals surface area contributed by atoms with Crippen LogP contribution < -0.4 is 0 Å². The minimum Gasteiger partial charge on any atom is -0.459 e. The molecule has 0 fully saturated rings. The first-order valence-electron chi connectivity index (χ1n) is 15.7. The summed E-state index contributed by atoms with van der Waals surface area (Å²) in [6.45, 7) is -0.121. The summed E-state index contributed by atoms with van der Waals surface area (Å²) in [6.07, 6.45) is -2.29. The monoisotopic (exact) mass is 666 g/mol. The molecule has 2 atom stereocenters. The van der Waals surface area contributed by atoms with Crippen LogP contribution in [0, 0.1) is 0 Å². The van der Waals surface area contributed by atoms with Gasteiger partial charge in [0.1, 0.15) is 12.7 Å². The number of esters is 1. The van der Waals surface area contributed by atoms with Gasteiger partial charge in [0.25, 0.3) is 0 Å². The third kappa shape index (κ3) is 11.7. The molecule has 0 saturated heterocycles. The molecule has 0 aliphatic rings. The van der Waals surface area contributed by atoms with Crippen molar-refractivity contribution in [1.29, 1.82) is 0 Å². The molecular formula is C39H39O8P. The molecule has 0 spiro atoms. The van der Waals surface area contributed by atoms with Crippen molar-refractivity contribution in [1.82, 2.24) is 0 Å². The zero-order chi connectivity index (χ0) is 33.3. The molecule has 0 aromatic heterocycles. The van der Waals surface area contributed by atoms with E-state index in [1.54, 1.807) is 0 Å². The Bertz CT molecular complexity index is 1630. The highest BCUT2D eigenvalue weighted by Crippen LogP contribution is 2.51. The van der Waals surface area contributed by atoms with Crippen molar-refractivity contribution in [3.8, 4) is 0 Å². The Morgan fingerprint density at radius 1 is 0.458 bits per heavy atom. The molecule has 0 bridgehead atoms. The zero-order valence-electron chi connectivity index (χ0n) is 26.5. The van der Waals surface area contributed by atoms with Gasteiger partial charge in [-0.3, -0.25) is 13.6 Å². The summed E-state index contributed by atoms with van der Waals surface area (Å²) in [5, 5.41) is 0. The molecule has 0 saturated carbocycles. The second-order valence-corrected chi connectivity index (χ2v) is 12.6. The SMILES string of the molecule is O=C(OCc1ccccc1)[C@H](OCc1ccccc1)[C@@H](COP(=O)(OCc1ccccc1)OCc1ccccc1)OCc1ccccc1. The highest BCUT2D eigenvalue weighted by molar-refractivity contribution is 7.48. The number of carbonyl (C=O) groups is 1. The molecular weight excluding hydrogens is 627 g/mol. The zero-order valence-corrected chi connectivity index (χ0v) is 27.4. The first kappa shape index (κ1) is 34.9. The molecule has 5 rings (SSSR count). The minimum absolute atomic E-state index is 0.0184. The fourth-order valence-electron chi connectivity index (χ4n) is 4.63. The number of rotatable bonds is 19. The molecule has 8 nitrogen and oxygen atoms in total. The third-order valence-corrected chi connectivity index (χ3v) is 8.59. The van der Waals surface area contributed by atoms with E-state index < -0.39 is 26.0 Å². The predicted molar refractivity (Wildman–Crippen MR) is 182 cm³/mol. The molecule has 0 aliphatic heterocycles. The van der Waals surface area contributed by atoms with Gasteiger partial charge in [-0.25, -0.2) is 9.36 Å². The van der Waals surface area contributed by atoms with E-state index in [1.165, 1.54) is 0 Å². The lowest BCUT2D eigenvalue weighted by atomic mass is 10.2. The first-order valence-corrected chi connectivity index (χ1v) is 17.2. The fraction of sp³-hybridized carbons (Fsp3) is 0.205. The van der Waals surface area contributed by atoms with Crippen LogP contribution in [0.5, 0.6) is 0 Å². The number of phosphoric acid groups is 1. The van der Waals surface area contributed by atoms with E-state index in [0.717, 1.165) is 27.8 Å². The Morgan fingerprint density at radius 3 is 1.23 bits per heavy atom. The predicted octanol–water partition coefficient (Wildman–Crippen LogP) is 8.46. The van der Waals surface area contributed by atoms with Crippen LogP contribution in [0.1, 0.15) is 27.8 Å². The Kier molecular flexibility index (Phi) is 13.7. The highest BCUT2D eigenvalue weighted by Gasteiger charge is 2.36. The lowest BCUT2D eigenvalue weighted by Gasteiger charge is -2.28. The Hall–Kier alpha value is -4.40. The standard InChI is InChI=1S/C39H39O8P/c40-39(44-28-34-20-10-3-11-21-34)38(43-27-33-18-8-2-9-19-33)37(42-26-32-16-6-1-7-17-32)31-47-48(41,45-29-35-22-12-4-13-23-35)46-30-36-24-14-5-15-25-36/h1-25,37-38H,26-31H2/t37-,38-/m1/s1. The maximum absolute atomic E-state index is 14.1. The first-order chi connectivity index (χ1) is 23.6. The normalized spacial score (nSPS) is 12.7. The molecule has 48 heavy (non-hydrogen) atoms. The van der Waals surface area contributed by atoms with Gasteiger partial charge < -0.3 is 14.2 Å². The molecule has 5 aromatic carbocycles. The molecule has 9 heteroatoms. The maximum Gasteiger partial charge on any atom is 0.475 e. The second kappa shape index (κ2) is 18.8. The van der Waals surface area contributed by atoms with E-state index in [0.29, 0.717) is 0 Å². The Labute approximate surface area is 281 Å². The molecule has 0 heterocycles. The van der Waals surface area contributed by atoms with Gasteiger partial charge >= 0.3 is 13.8 Å². The number of hydrogen-bond donors (Lipinski definition) is 0. The number of benzene rings is 5. The molecule has 248 valence electrons. The van der Waals surface area contributed by atoms with Crippen LogP contribution in [-0.4, -0.2) is 24.8 Å². The van der Waals surface area contributed by atoms with Crippen LogP contribution in [0.15, 0.2) is 152 Å². The average Bonchev–Trinajstić information content (AvgIpc) is 3.15. The van der Waals surface area contributed by atoms with Crippen LogP contribution in [0.4, 0.5) is 0 Å². The van der Waals surface area contributed by atoms with E-state index in [4.69, 9.17) is 27.8 Å². The van der Waals surface area contributed by atoms with E-state index in [1.807, 2.05) is 152 Å². The van der Waals surface area contributed by atoms with Crippen molar-refractivity contribution in [2.45, 2.75) is 45.2 Å². The average molecular weight is 667 g/mol. The Morgan fingerprint density at radius 2 is 0.812 bits per heavy atom. The molecule has 0 aliphatic carbocycles. The number of carbonyl (C=O) groups excluding carboxylic acids is 1. The third-order valence-electron chi connectivity index (χ3n) is 7.23. The van der Waals surface area contributed by atoms with Crippen LogP contribution in [-0.2, 0) is 70.2 Å². The van der Waals surface area contributed by atoms with Crippen LogP contribution in [0.2, 0.25) is 0 Å². The van der Waals surface area contributed by atoms with Gasteiger partial charge in [-0.15, -0.1) is 0 Å². The van der Waals surface area contributed by atoms with Gasteiger partial charge in [-0.1, -0.05) is 152 Å². The lowest BCUT2D eigenvalue weighted by molar-refractivity contribution is -0.175. The van der Waals surface area contributed by atoms with Gasteiger partial charge in [0.2, 0.25) is 0 Å². The topological polar surface area (TPSA) is 89.5 Å². The van der Waals surface area contributed by atoms with Crippen molar-refractivity contribution < 1.29 is 37.1 Å². The fourth-order valence-corrected chi connectivity index (χ4v) is 5.80. The van der Waals surface area contributed by atoms with Crippen molar-refractivity contribution in [3.63, 3.8) is 0 Å².